The predicted molar refractivity (Wildman–Crippen MR) is 114 cm³/mol. The molecule has 2 aromatic heterocycles. The van der Waals surface area contributed by atoms with E-state index in [0.717, 1.165) is 42.0 Å². The molecule has 0 unspecified atom stereocenters. The van der Waals surface area contributed by atoms with E-state index in [1.54, 1.807) is 12.5 Å². The number of piperidine rings is 1. The van der Waals surface area contributed by atoms with Crippen molar-refractivity contribution < 1.29 is 0 Å². The number of pyridine rings is 1. The molecule has 0 atom stereocenters. The number of nitrogens with one attached hydrogen (secondary N) is 2. The van der Waals surface area contributed by atoms with Crippen LogP contribution in [0.4, 0.5) is 23.0 Å². The van der Waals surface area contributed by atoms with Gasteiger partial charge in [0.05, 0.1) is 12.2 Å². The van der Waals surface area contributed by atoms with Crippen LogP contribution in [0, 0.1) is 5.92 Å². The largest absolute Gasteiger partial charge is 0.372 e. The van der Waals surface area contributed by atoms with Gasteiger partial charge in [-0.15, -0.1) is 0 Å². The predicted octanol–water partition coefficient (Wildman–Crippen LogP) is 4.46. The smallest absolute Gasteiger partial charge is 0.135 e. The molecule has 28 heavy (non-hydrogen) atoms. The quantitative estimate of drug-likeness (QED) is 0.664. The summed E-state index contributed by atoms with van der Waals surface area (Å²) in [6, 6.07) is 16.4. The van der Waals surface area contributed by atoms with Crippen LogP contribution in [0.5, 0.6) is 0 Å². The van der Waals surface area contributed by atoms with Crippen molar-refractivity contribution in [3.05, 3.63) is 66.7 Å². The number of hydrogen-bond acceptors (Lipinski definition) is 6. The van der Waals surface area contributed by atoms with Crippen LogP contribution in [0.25, 0.3) is 0 Å². The van der Waals surface area contributed by atoms with Crippen LogP contribution >= 0.6 is 0 Å². The van der Waals surface area contributed by atoms with Gasteiger partial charge in [-0.05, 0) is 55.2 Å². The SMILES string of the molecule is CC1CCN(c2ccc(Nc3cc(NCc4ccccn4)ncn3)cc2)CC1. The normalized spacial score (nSPS) is 14.7. The third-order valence-corrected chi connectivity index (χ3v) is 5.13. The maximum Gasteiger partial charge on any atom is 0.135 e. The average Bonchev–Trinajstić information content (AvgIpc) is 2.75. The first-order chi connectivity index (χ1) is 13.8. The molecule has 4 rings (SSSR count). The second-order valence-corrected chi connectivity index (χ2v) is 7.30. The minimum atomic E-state index is 0.625. The average molecular weight is 374 g/mol. The van der Waals surface area contributed by atoms with Gasteiger partial charge in [0.1, 0.15) is 18.0 Å². The summed E-state index contributed by atoms with van der Waals surface area (Å²) < 4.78 is 0. The second kappa shape index (κ2) is 8.69. The Labute approximate surface area is 166 Å². The van der Waals surface area contributed by atoms with E-state index in [1.807, 2.05) is 24.3 Å². The Morgan fingerprint density at radius 3 is 2.50 bits per heavy atom. The summed E-state index contributed by atoms with van der Waals surface area (Å²) in [4.78, 5) is 15.4. The van der Waals surface area contributed by atoms with E-state index in [-0.39, 0.29) is 0 Å². The van der Waals surface area contributed by atoms with Crippen LogP contribution in [0.1, 0.15) is 25.5 Å². The summed E-state index contributed by atoms with van der Waals surface area (Å²) in [5.41, 5.74) is 3.28. The lowest BCUT2D eigenvalue weighted by Gasteiger charge is -2.32. The van der Waals surface area contributed by atoms with Gasteiger partial charge in [0.2, 0.25) is 0 Å². The minimum absolute atomic E-state index is 0.625. The summed E-state index contributed by atoms with van der Waals surface area (Å²) in [5, 5.41) is 6.64. The summed E-state index contributed by atoms with van der Waals surface area (Å²) in [5.74, 6) is 2.37. The molecular formula is C22H26N6. The first-order valence-electron chi connectivity index (χ1n) is 9.84. The molecule has 1 fully saturated rings. The van der Waals surface area contributed by atoms with Crippen LogP contribution in [0.2, 0.25) is 0 Å². The van der Waals surface area contributed by atoms with Crippen LogP contribution < -0.4 is 15.5 Å². The molecule has 0 bridgehead atoms. The maximum absolute atomic E-state index is 4.32. The number of hydrogen-bond donors (Lipinski definition) is 2. The van der Waals surface area contributed by atoms with Crippen LogP contribution in [0.3, 0.4) is 0 Å². The van der Waals surface area contributed by atoms with Gasteiger partial charge >= 0.3 is 0 Å². The molecule has 3 aromatic rings. The molecule has 1 aliphatic rings. The number of anilines is 4. The molecule has 3 heterocycles. The Hall–Kier alpha value is -3.15. The molecule has 0 spiro atoms. The minimum Gasteiger partial charge on any atom is -0.372 e. The molecule has 0 aliphatic carbocycles. The molecule has 1 saturated heterocycles. The van der Waals surface area contributed by atoms with Crippen molar-refractivity contribution in [2.45, 2.75) is 26.3 Å². The molecule has 0 amide bonds. The first-order valence-corrected chi connectivity index (χ1v) is 9.84. The van der Waals surface area contributed by atoms with E-state index in [1.165, 1.54) is 18.5 Å². The van der Waals surface area contributed by atoms with Crippen molar-refractivity contribution in [2.24, 2.45) is 5.92 Å². The van der Waals surface area contributed by atoms with E-state index in [4.69, 9.17) is 0 Å². The fourth-order valence-electron chi connectivity index (χ4n) is 3.38. The van der Waals surface area contributed by atoms with Crippen LogP contribution in [0.15, 0.2) is 61.1 Å². The molecule has 2 N–H and O–H groups in total. The zero-order valence-electron chi connectivity index (χ0n) is 16.2. The Kier molecular flexibility index (Phi) is 5.66. The lowest BCUT2D eigenvalue weighted by Crippen LogP contribution is -2.32. The molecule has 1 aromatic carbocycles. The van der Waals surface area contributed by atoms with Crippen LogP contribution in [-0.2, 0) is 6.54 Å². The highest BCUT2D eigenvalue weighted by molar-refractivity contribution is 5.62. The zero-order valence-corrected chi connectivity index (χ0v) is 16.2. The number of nitrogens with zero attached hydrogens (tertiary/aromatic N) is 4. The lowest BCUT2D eigenvalue weighted by atomic mass is 9.99. The fourth-order valence-corrected chi connectivity index (χ4v) is 3.38. The van der Waals surface area contributed by atoms with Crippen molar-refractivity contribution in [3.8, 4) is 0 Å². The summed E-state index contributed by atoms with van der Waals surface area (Å²) in [7, 11) is 0. The molecule has 6 heteroatoms. The highest BCUT2D eigenvalue weighted by atomic mass is 15.1. The summed E-state index contributed by atoms with van der Waals surface area (Å²) in [6.45, 7) is 5.25. The van der Waals surface area contributed by atoms with Gasteiger partial charge in [0.15, 0.2) is 0 Å². The Morgan fingerprint density at radius 2 is 1.75 bits per heavy atom. The van der Waals surface area contributed by atoms with Crippen LogP contribution in [-0.4, -0.2) is 28.0 Å². The van der Waals surface area contributed by atoms with Gasteiger partial charge < -0.3 is 15.5 Å². The van der Waals surface area contributed by atoms with E-state index < -0.39 is 0 Å². The van der Waals surface area contributed by atoms with Gasteiger partial charge in [0, 0.05) is 36.7 Å². The highest BCUT2D eigenvalue weighted by Gasteiger charge is 2.15. The summed E-state index contributed by atoms with van der Waals surface area (Å²) in [6.07, 6.45) is 5.90. The standard InChI is InChI=1S/C22H26N6/c1-17-9-12-28(13-10-17)20-7-5-18(6-8-20)27-22-14-21(25-16-26-22)24-15-19-4-2-3-11-23-19/h2-8,11,14,16-17H,9-10,12-13,15H2,1H3,(H2,24,25,26,27). The third kappa shape index (κ3) is 4.76. The third-order valence-electron chi connectivity index (χ3n) is 5.13. The Bertz CT molecular complexity index is 873. The summed E-state index contributed by atoms with van der Waals surface area (Å²) >= 11 is 0. The van der Waals surface area contributed by atoms with Crippen molar-refractivity contribution in [1.82, 2.24) is 15.0 Å². The van der Waals surface area contributed by atoms with E-state index in [2.05, 4.69) is 61.7 Å². The monoisotopic (exact) mass is 374 g/mol. The second-order valence-electron chi connectivity index (χ2n) is 7.30. The van der Waals surface area contributed by atoms with Crippen molar-refractivity contribution in [1.29, 1.82) is 0 Å². The van der Waals surface area contributed by atoms with Gasteiger partial charge in [-0.3, -0.25) is 4.98 Å². The van der Waals surface area contributed by atoms with Gasteiger partial charge in [-0.25, -0.2) is 9.97 Å². The molecule has 6 nitrogen and oxygen atoms in total. The zero-order chi connectivity index (χ0) is 19.2. The fraction of sp³-hybridized carbons (Fsp3) is 0.318. The lowest BCUT2D eigenvalue weighted by molar-refractivity contribution is 0.438. The Morgan fingerprint density at radius 1 is 0.964 bits per heavy atom. The van der Waals surface area contributed by atoms with Crippen molar-refractivity contribution >= 4 is 23.0 Å². The molecule has 0 radical (unpaired) electrons. The number of benzene rings is 1. The van der Waals surface area contributed by atoms with Gasteiger partial charge in [-0.2, -0.15) is 0 Å². The van der Waals surface area contributed by atoms with E-state index >= 15 is 0 Å². The van der Waals surface area contributed by atoms with E-state index in [0.29, 0.717) is 6.54 Å². The first kappa shape index (κ1) is 18.2. The molecule has 144 valence electrons. The highest BCUT2D eigenvalue weighted by Crippen LogP contribution is 2.25. The van der Waals surface area contributed by atoms with Gasteiger partial charge in [0.25, 0.3) is 0 Å². The van der Waals surface area contributed by atoms with Gasteiger partial charge in [-0.1, -0.05) is 13.0 Å². The maximum atomic E-state index is 4.32. The molecule has 1 aliphatic heterocycles. The number of rotatable bonds is 6. The number of aromatic nitrogens is 3. The Balaban J connectivity index is 1.36. The molecular weight excluding hydrogens is 348 g/mol. The van der Waals surface area contributed by atoms with E-state index in [9.17, 15) is 0 Å². The topological polar surface area (TPSA) is 66.0 Å². The van der Waals surface area contributed by atoms with Crippen molar-refractivity contribution in [3.63, 3.8) is 0 Å². The molecule has 0 saturated carbocycles. The van der Waals surface area contributed by atoms with Crippen molar-refractivity contribution in [2.75, 3.05) is 28.6 Å².